The number of benzene rings is 1. The predicted molar refractivity (Wildman–Crippen MR) is 95.3 cm³/mol. The molecule has 25 heavy (non-hydrogen) atoms. The van der Waals surface area contributed by atoms with Crippen LogP contribution in [0.1, 0.15) is 24.4 Å². The van der Waals surface area contributed by atoms with Crippen LogP contribution in [0.15, 0.2) is 41.3 Å². The summed E-state index contributed by atoms with van der Waals surface area (Å²) in [6.45, 7) is 1.62. The van der Waals surface area contributed by atoms with Gasteiger partial charge in [0.1, 0.15) is 5.82 Å². The van der Waals surface area contributed by atoms with Gasteiger partial charge in [-0.3, -0.25) is 18.9 Å². The minimum Gasteiger partial charge on any atom is -0.294 e. The van der Waals surface area contributed by atoms with Crippen LogP contribution in [0.3, 0.4) is 0 Å². The summed E-state index contributed by atoms with van der Waals surface area (Å²) in [5.41, 5.74) is 2.14. The third-order valence-electron chi connectivity index (χ3n) is 5.79. The third-order valence-corrected chi connectivity index (χ3v) is 5.79. The SMILES string of the molecule is Cn1nccc1CN1C2CCC1Cn1c(nc3ccccc3c1=O)C2. The Balaban J connectivity index is 1.56. The van der Waals surface area contributed by atoms with Gasteiger partial charge in [0, 0.05) is 44.8 Å². The highest BCUT2D eigenvalue weighted by Gasteiger charge is 2.38. The van der Waals surface area contributed by atoms with Gasteiger partial charge in [-0.15, -0.1) is 0 Å². The van der Waals surface area contributed by atoms with Crippen LogP contribution in [0, 0.1) is 0 Å². The molecule has 2 atom stereocenters. The fraction of sp³-hybridized carbons (Fsp3) is 0.421. The number of aromatic nitrogens is 4. The maximum absolute atomic E-state index is 13.0. The van der Waals surface area contributed by atoms with Crippen LogP contribution in [0.4, 0.5) is 0 Å². The van der Waals surface area contributed by atoms with E-state index >= 15 is 0 Å². The molecule has 0 radical (unpaired) electrons. The lowest BCUT2D eigenvalue weighted by Gasteiger charge is -2.27. The monoisotopic (exact) mass is 335 g/mol. The molecule has 1 fully saturated rings. The van der Waals surface area contributed by atoms with Crippen LogP contribution in [-0.2, 0) is 26.6 Å². The average Bonchev–Trinajstić information content (AvgIpc) is 3.13. The van der Waals surface area contributed by atoms with Crippen molar-refractivity contribution in [2.75, 3.05) is 0 Å². The number of fused-ring (bicyclic) bond motifs is 4. The summed E-state index contributed by atoms with van der Waals surface area (Å²) in [6, 6.07) is 10.6. The molecule has 0 spiro atoms. The standard InChI is InChI=1S/C19H21N5O/c1-22-14(8-9-20-22)11-23-13-6-7-15(23)12-24-18(10-13)21-17-5-3-2-4-16(17)19(24)25/h2-5,8-9,13,15H,6-7,10-12H2,1H3. The Kier molecular flexibility index (Phi) is 3.28. The Labute approximate surface area is 145 Å². The molecular weight excluding hydrogens is 314 g/mol. The number of nitrogens with zero attached hydrogens (tertiary/aromatic N) is 5. The number of hydrogen-bond acceptors (Lipinski definition) is 4. The lowest BCUT2D eigenvalue weighted by atomic mass is 10.1. The third kappa shape index (κ3) is 2.32. The van der Waals surface area contributed by atoms with Crippen LogP contribution >= 0.6 is 0 Å². The summed E-state index contributed by atoms with van der Waals surface area (Å²) in [6.07, 6.45) is 5.00. The summed E-state index contributed by atoms with van der Waals surface area (Å²) >= 11 is 0. The largest absolute Gasteiger partial charge is 0.294 e. The molecular formula is C19H21N5O. The molecule has 0 aliphatic carbocycles. The molecule has 2 aliphatic heterocycles. The highest BCUT2D eigenvalue weighted by molar-refractivity contribution is 5.77. The van der Waals surface area contributed by atoms with Crippen LogP contribution in [0.2, 0.25) is 0 Å². The summed E-state index contributed by atoms with van der Waals surface area (Å²) in [5, 5.41) is 5.01. The molecule has 4 heterocycles. The zero-order chi connectivity index (χ0) is 17.0. The second kappa shape index (κ2) is 5.52. The van der Waals surface area contributed by atoms with Gasteiger partial charge in [0.15, 0.2) is 0 Å². The molecule has 2 bridgehead atoms. The van der Waals surface area contributed by atoms with E-state index in [1.807, 2.05) is 46.8 Å². The fourth-order valence-electron chi connectivity index (χ4n) is 4.41. The van der Waals surface area contributed by atoms with E-state index in [-0.39, 0.29) is 5.56 Å². The number of rotatable bonds is 2. The molecule has 5 rings (SSSR count). The van der Waals surface area contributed by atoms with E-state index in [0.717, 1.165) is 42.7 Å². The van der Waals surface area contributed by atoms with Crippen molar-refractivity contribution in [1.29, 1.82) is 0 Å². The molecule has 0 N–H and O–H groups in total. The van der Waals surface area contributed by atoms with E-state index < -0.39 is 0 Å². The smallest absolute Gasteiger partial charge is 0.261 e. The van der Waals surface area contributed by atoms with Crippen molar-refractivity contribution in [3.05, 3.63) is 58.4 Å². The van der Waals surface area contributed by atoms with Gasteiger partial charge in [-0.1, -0.05) is 12.1 Å². The van der Waals surface area contributed by atoms with E-state index in [1.54, 1.807) is 0 Å². The van der Waals surface area contributed by atoms with E-state index in [2.05, 4.69) is 16.1 Å². The lowest BCUT2D eigenvalue weighted by Crippen LogP contribution is -2.37. The van der Waals surface area contributed by atoms with Crippen molar-refractivity contribution in [3.63, 3.8) is 0 Å². The van der Waals surface area contributed by atoms with Gasteiger partial charge < -0.3 is 0 Å². The van der Waals surface area contributed by atoms with Crippen molar-refractivity contribution in [1.82, 2.24) is 24.2 Å². The second-order valence-electron chi connectivity index (χ2n) is 7.17. The van der Waals surface area contributed by atoms with Gasteiger partial charge in [0.25, 0.3) is 5.56 Å². The van der Waals surface area contributed by atoms with Gasteiger partial charge >= 0.3 is 0 Å². The van der Waals surface area contributed by atoms with Gasteiger partial charge in [0.05, 0.1) is 16.6 Å². The maximum Gasteiger partial charge on any atom is 0.261 e. The second-order valence-corrected chi connectivity index (χ2v) is 7.17. The molecule has 2 aromatic heterocycles. The molecule has 6 nitrogen and oxygen atoms in total. The summed E-state index contributed by atoms with van der Waals surface area (Å²) in [7, 11) is 1.99. The summed E-state index contributed by atoms with van der Waals surface area (Å²) in [4.78, 5) is 20.3. The Morgan fingerprint density at radius 2 is 2.00 bits per heavy atom. The molecule has 2 aliphatic rings. The zero-order valence-corrected chi connectivity index (χ0v) is 14.3. The molecule has 0 saturated carbocycles. The number of hydrogen-bond donors (Lipinski definition) is 0. The molecule has 2 unspecified atom stereocenters. The molecule has 0 amide bonds. The Hall–Kier alpha value is -2.47. The highest BCUT2D eigenvalue weighted by Crippen LogP contribution is 2.32. The zero-order valence-electron chi connectivity index (χ0n) is 14.3. The number of aryl methyl sites for hydroxylation is 1. The topological polar surface area (TPSA) is 56.0 Å². The minimum absolute atomic E-state index is 0.105. The van der Waals surface area contributed by atoms with Crippen LogP contribution in [0.5, 0.6) is 0 Å². The normalized spacial score (nSPS) is 22.9. The van der Waals surface area contributed by atoms with Crippen LogP contribution < -0.4 is 5.56 Å². The fourth-order valence-corrected chi connectivity index (χ4v) is 4.41. The minimum atomic E-state index is 0.105. The average molecular weight is 335 g/mol. The van der Waals surface area contributed by atoms with E-state index in [4.69, 9.17) is 4.98 Å². The molecule has 1 saturated heterocycles. The maximum atomic E-state index is 13.0. The van der Waals surface area contributed by atoms with Crippen LogP contribution in [-0.4, -0.2) is 36.3 Å². The van der Waals surface area contributed by atoms with Crippen molar-refractivity contribution < 1.29 is 0 Å². The summed E-state index contributed by atoms with van der Waals surface area (Å²) in [5.74, 6) is 0.936. The first-order valence-electron chi connectivity index (χ1n) is 8.92. The Morgan fingerprint density at radius 1 is 1.16 bits per heavy atom. The predicted octanol–water partition coefficient (Wildman–Crippen LogP) is 1.72. The van der Waals surface area contributed by atoms with Gasteiger partial charge in [0.2, 0.25) is 0 Å². The molecule has 6 heteroatoms. The van der Waals surface area contributed by atoms with Crippen molar-refractivity contribution in [2.45, 2.75) is 44.4 Å². The first kappa shape index (κ1) is 14.8. The van der Waals surface area contributed by atoms with E-state index in [0.29, 0.717) is 12.1 Å². The van der Waals surface area contributed by atoms with Gasteiger partial charge in [-0.25, -0.2) is 4.98 Å². The number of para-hydroxylation sites is 1. The molecule has 128 valence electrons. The first-order valence-corrected chi connectivity index (χ1v) is 8.92. The van der Waals surface area contributed by atoms with Crippen molar-refractivity contribution in [3.8, 4) is 0 Å². The highest BCUT2D eigenvalue weighted by atomic mass is 16.1. The Morgan fingerprint density at radius 3 is 2.84 bits per heavy atom. The van der Waals surface area contributed by atoms with Crippen molar-refractivity contribution >= 4 is 10.9 Å². The van der Waals surface area contributed by atoms with Crippen LogP contribution in [0.25, 0.3) is 10.9 Å². The Bertz CT molecular complexity index is 1000. The first-order chi connectivity index (χ1) is 12.2. The quantitative estimate of drug-likeness (QED) is 0.715. The molecule has 1 aromatic carbocycles. The van der Waals surface area contributed by atoms with Gasteiger partial charge in [-0.2, -0.15) is 5.10 Å². The van der Waals surface area contributed by atoms with Gasteiger partial charge in [-0.05, 0) is 31.0 Å². The molecule has 3 aromatic rings. The lowest BCUT2D eigenvalue weighted by molar-refractivity contribution is 0.176. The van der Waals surface area contributed by atoms with Crippen molar-refractivity contribution in [2.24, 2.45) is 7.05 Å². The summed E-state index contributed by atoms with van der Waals surface area (Å²) < 4.78 is 3.86. The van der Waals surface area contributed by atoms with E-state index in [9.17, 15) is 4.79 Å². The van der Waals surface area contributed by atoms with E-state index in [1.165, 1.54) is 12.1 Å².